The molecule has 0 bridgehead atoms. The van der Waals surface area contributed by atoms with Crippen molar-refractivity contribution in [3.05, 3.63) is 124 Å². The van der Waals surface area contributed by atoms with Crippen LogP contribution in [0.5, 0.6) is 11.5 Å². The van der Waals surface area contributed by atoms with Crippen molar-refractivity contribution in [2.75, 3.05) is 13.7 Å². The summed E-state index contributed by atoms with van der Waals surface area (Å²) in [5.41, 5.74) is 2.69. The van der Waals surface area contributed by atoms with Gasteiger partial charge in [-0.1, -0.05) is 54.5 Å². The maximum absolute atomic E-state index is 14.1. The second-order valence-electron chi connectivity index (χ2n) is 9.90. The molecule has 7 nitrogen and oxygen atoms in total. The van der Waals surface area contributed by atoms with Crippen LogP contribution >= 0.6 is 38.9 Å². The fourth-order valence-corrected chi connectivity index (χ4v) is 6.66. The van der Waals surface area contributed by atoms with E-state index in [0.29, 0.717) is 53.6 Å². The van der Waals surface area contributed by atoms with Gasteiger partial charge in [-0.05, 0) is 88.9 Å². The maximum Gasteiger partial charge on any atom is 0.338 e. The van der Waals surface area contributed by atoms with E-state index in [-0.39, 0.29) is 24.6 Å². The molecule has 1 atom stereocenters. The zero-order valence-electron chi connectivity index (χ0n) is 24.2. The molecule has 4 aromatic rings. The summed E-state index contributed by atoms with van der Waals surface area (Å²) in [5.74, 6) is 0.236. The Labute approximate surface area is 271 Å². The largest absolute Gasteiger partial charge is 0.496 e. The van der Waals surface area contributed by atoms with E-state index in [1.54, 1.807) is 49.4 Å². The number of thiazole rings is 1. The van der Waals surface area contributed by atoms with Crippen molar-refractivity contribution in [2.24, 2.45) is 4.99 Å². The van der Waals surface area contributed by atoms with Crippen molar-refractivity contribution in [1.29, 1.82) is 0 Å². The van der Waals surface area contributed by atoms with E-state index in [1.165, 1.54) is 35.1 Å². The second kappa shape index (κ2) is 13.9. The molecule has 3 aromatic carbocycles. The van der Waals surface area contributed by atoms with Gasteiger partial charge in [0.1, 0.15) is 30.0 Å². The third-order valence-corrected chi connectivity index (χ3v) is 8.78. The first-order chi connectivity index (χ1) is 21.2. The minimum atomic E-state index is -0.850. The summed E-state index contributed by atoms with van der Waals surface area (Å²) in [6.07, 6.45) is 3.03. The maximum atomic E-state index is 14.1. The fourth-order valence-electron chi connectivity index (χ4n) is 4.95. The van der Waals surface area contributed by atoms with Crippen LogP contribution in [-0.2, 0) is 16.1 Å². The van der Waals surface area contributed by atoms with E-state index in [0.717, 1.165) is 17.5 Å². The van der Waals surface area contributed by atoms with E-state index >= 15 is 0 Å². The molecule has 228 valence electrons. The normalized spacial score (nSPS) is 14.7. The minimum Gasteiger partial charge on any atom is -0.496 e. The van der Waals surface area contributed by atoms with Crippen molar-refractivity contribution in [2.45, 2.75) is 39.3 Å². The van der Waals surface area contributed by atoms with Gasteiger partial charge < -0.3 is 14.2 Å². The lowest BCUT2D eigenvalue weighted by atomic mass is 9.93. The van der Waals surface area contributed by atoms with E-state index in [4.69, 9.17) is 30.8 Å². The molecule has 5 rings (SSSR count). The van der Waals surface area contributed by atoms with E-state index < -0.39 is 12.0 Å². The van der Waals surface area contributed by atoms with Crippen LogP contribution in [0.3, 0.4) is 0 Å². The van der Waals surface area contributed by atoms with Crippen molar-refractivity contribution in [1.82, 2.24) is 4.57 Å². The molecule has 1 aromatic heterocycles. The smallest absolute Gasteiger partial charge is 0.338 e. The zero-order chi connectivity index (χ0) is 31.4. The van der Waals surface area contributed by atoms with E-state index in [2.05, 4.69) is 15.9 Å². The molecule has 1 aliphatic heterocycles. The fraction of sp³-hybridized carbons (Fsp3) is 0.242. The highest BCUT2D eigenvalue weighted by molar-refractivity contribution is 9.10. The highest BCUT2D eigenvalue weighted by Crippen LogP contribution is 2.38. The molecule has 0 radical (unpaired) electrons. The third-order valence-electron chi connectivity index (χ3n) is 6.94. The summed E-state index contributed by atoms with van der Waals surface area (Å²) in [6.45, 7) is 4.18. The molecule has 0 N–H and O–H groups in total. The molecular weight excluding hydrogens is 671 g/mol. The molecule has 44 heavy (non-hydrogen) atoms. The molecule has 0 unspecified atom stereocenters. The standard InChI is InChI=1S/C33H29BrClFN2O5S/c1-4-6-25-29(32(40)42-5-2)30(23-17-21(35)10-14-26(23)41-3)38-31(39)28(44-33(38)37-25)16-20-9-13-27(24(34)15-20)43-18-19-7-11-22(36)12-8-19/h7-17,30H,4-6,18H2,1-3H3/b28-16+/t30-/m0/s1. The van der Waals surface area contributed by atoms with Crippen LogP contribution in [-0.4, -0.2) is 24.3 Å². The van der Waals surface area contributed by atoms with Gasteiger partial charge in [0.15, 0.2) is 4.80 Å². The first-order valence-electron chi connectivity index (χ1n) is 14.0. The summed E-state index contributed by atoms with van der Waals surface area (Å²) in [6, 6.07) is 15.9. The van der Waals surface area contributed by atoms with Gasteiger partial charge in [0, 0.05) is 10.6 Å². The lowest BCUT2D eigenvalue weighted by Crippen LogP contribution is -2.40. The number of aromatic nitrogens is 1. The van der Waals surface area contributed by atoms with Gasteiger partial charge in [-0.2, -0.15) is 0 Å². The van der Waals surface area contributed by atoms with Gasteiger partial charge in [0.05, 0.1) is 34.0 Å². The molecule has 1 aliphatic rings. The number of nitrogens with zero attached hydrogens (tertiary/aromatic N) is 2. The first kappa shape index (κ1) is 31.7. The lowest BCUT2D eigenvalue weighted by Gasteiger charge is -2.27. The Morgan fingerprint density at radius 2 is 1.86 bits per heavy atom. The SMILES string of the molecule is CCCC1=C(C(=O)OCC)[C@H](c2cc(Cl)ccc2OC)n2c(s/c(=C/c3ccc(OCc4ccc(F)cc4)c(Br)c3)c2=O)=N1. The Kier molecular flexibility index (Phi) is 10.0. The Balaban J connectivity index is 1.60. The molecule has 0 saturated carbocycles. The van der Waals surface area contributed by atoms with Gasteiger partial charge in [-0.25, -0.2) is 14.2 Å². The van der Waals surface area contributed by atoms with Crippen LogP contribution in [0.1, 0.15) is 49.4 Å². The number of methoxy groups -OCH3 is 1. The minimum absolute atomic E-state index is 0.171. The van der Waals surface area contributed by atoms with Crippen LogP contribution in [0.15, 0.2) is 86.2 Å². The topological polar surface area (TPSA) is 79.1 Å². The predicted molar refractivity (Wildman–Crippen MR) is 173 cm³/mol. The van der Waals surface area contributed by atoms with Crippen molar-refractivity contribution in [3.63, 3.8) is 0 Å². The van der Waals surface area contributed by atoms with Crippen molar-refractivity contribution >= 4 is 50.9 Å². The molecule has 0 fully saturated rings. The summed E-state index contributed by atoms with van der Waals surface area (Å²) in [5, 5.41) is 0.437. The summed E-state index contributed by atoms with van der Waals surface area (Å²) < 4.78 is 32.9. The number of carbonyl (C=O) groups excluding carboxylic acids is 1. The number of rotatable bonds is 10. The second-order valence-corrected chi connectivity index (χ2v) is 12.2. The third kappa shape index (κ3) is 6.67. The molecule has 0 amide bonds. The van der Waals surface area contributed by atoms with Gasteiger partial charge in [-0.3, -0.25) is 9.36 Å². The first-order valence-corrected chi connectivity index (χ1v) is 15.9. The van der Waals surface area contributed by atoms with Crippen LogP contribution < -0.4 is 24.4 Å². The number of fused-ring (bicyclic) bond motifs is 1. The predicted octanol–water partition coefficient (Wildman–Crippen LogP) is 6.72. The van der Waals surface area contributed by atoms with Crippen LogP contribution in [0.25, 0.3) is 6.08 Å². The highest BCUT2D eigenvalue weighted by atomic mass is 79.9. The highest BCUT2D eigenvalue weighted by Gasteiger charge is 2.36. The van der Waals surface area contributed by atoms with Gasteiger partial charge in [-0.15, -0.1) is 0 Å². The summed E-state index contributed by atoms with van der Waals surface area (Å²) in [7, 11) is 1.53. The van der Waals surface area contributed by atoms with Gasteiger partial charge in [0.2, 0.25) is 0 Å². The van der Waals surface area contributed by atoms with Crippen LogP contribution in [0, 0.1) is 5.82 Å². The molecule has 2 heterocycles. The number of carbonyl (C=O) groups is 1. The van der Waals surface area contributed by atoms with Crippen molar-refractivity contribution in [3.8, 4) is 11.5 Å². The molecule has 0 aliphatic carbocycles. The Morgan fingerprint density at radius 1 is 1.11 bits per heavy atom. The number of benzene rings is 3. The Morgan fingerprint density at radius 3 is 2.55 bits per heavy atom. The molecule has 0 saturated heterocycles. The molecular formula is C33H29BrClFN2O5S. The number of ether oxygens (including phenoxy) is 3. The van der Waals surface area contributed by atoms with E-state index in [9.17, 15) is 14.0 Å². The Bertz CT molecular complexity index is 1920. The number of allylic oxidation sites excluding steroid dienone is 1. The average Bonchev–Trinajstić information content (AvgIpc) is 3.31. The lowest BCUT2D eigenvalue weighted by molar-refractivity contribution is -0.139. The van der Waals surface area contributed by atoms with Crippen LogP contribution in [0.2, 0.25) is 5.02 Å². The number of esters is 1. The number of halogens is 3. The molecule has 11 heteroatoms. The van der Waals surface area contributed by atoms with Crippen LogP contribution in [0.4, 0.5) is 4.39 Å². The Hall–Kier alpha value is -3.73. The van der Waals surface area contributed by atoms with Gasteiger partial charge >= 0.3 is 5.97 Å². The monoisotopic (exact) mass is 698 g/mol. The zero-order valence-corrected chi connectivity index (χ0v) is 27.4. The van der Waals surface area contributed by atoms with E-state index in [1.807, 2.05) is 19.1 Å². The quantitative estimate of drug-likeness (QED) is 0.172. The summed E-state index contributed by atoms with van der Waals surface area (Å²) >= 11 is 11.2. The number of hydrogen-bond donors (Lipinski definition) is 0. The summed E-state index contributed by atoms with van der Waals surface area (Å²) in [4.78, 5) is 32.8. The van der Waals surface area contributed by atoms with Gasteiger partial charge in [0.25, 0.3) is 5.56 Å². The van der Waals surface area contributed by atoms with Crippen molar-refractivity contribution < 1.29 is 23.4 Å². The average molecular weight is 700 g/mol. The molecule has 0 spiro atoms. The number of hydrogen-bond acceptors (Lipinski definition) is 7.